The van der Waals surface area contributed by atoms with Crippen molar-refractivity contribution < 1.29 is 19.2 Å². The summed E-state index contributed by atoms with van der Waals surface area (Å²) in [6.07, 6.45) is 4.61. The number of fused-ring (bicyclic) bond motifs is 1. The largest absolute Gasteiger partial charge is 0.334 e. The molecule has 124 valence electrons. The maximum absolute atomic E-state index is 12.2. The average Bonchev–Trinajstić information content (AvgIpc) is 3.23. The molecule has 4 rings (SSSR count). The van der Waals surface area contributed by atoms with Gasteiger partial charge in [-0.15, -0.1) is 0 Å². The van der Waals surface area contributed by atoms with Crippen LogP contribution < -0.4 is 5.32 Å². The summed E-state index contributed by atoms with van der Waals surface area (Å²) in [6.45, 7) is -0.441. The van der Waals surface area contributed by atoms with Gasteiger partial charge in [-0.3, -0.25) is 19.3 Å². The van der Waals surface area contributed by atoms with Gasteiger partial charge >= 0.3 is 17.8 Å². The Labute approximate surface area is 138 Å². The summed E-state index contributed by atoms with van der Waals surface area (Å²) in [5.74, 6) is -2.23. The fourth-order valence-corrected chi connectivity index (χ4v) is 3.31. The number of hydrogen-bond donors (Lipinski definition) is 1. The standard InChI is InChI=1S/C17H17N3O4/c21-14(18-12-5-4-10-2-1-3-11(10)8-12)9-19-15(22)16(23)20(17(19)24)13-6-7-13/h4-5,8,13H,1-3,6-7,9H2,(H,18,21). The van der Waals surface area contributed by atoms with Crippen molar-refractivity contribution in [2.24, 2.45) is 0 Å². The van der Waals surface area contributed by atoms with E-state index in [-0.39, 0.29) is 6.04 Å². The Morgan fingerprint density at radius 2 is 1.83 bits per heavy atom. The molecule has 0 aromatic heterocycles. The first-order valence-electron chi connectivity index (χ1n) is 8.15. The molecule has 1 aromatic rings. The van der Waals surface area contributed by atoms with E-state index in [0.717, 1.165) is 41.9 Å². The number of nitrogens with one attached hydrogen (secondary N) is 1. The Bertz CT molecular complexity index is 769. The minimum absolute atomic E-state index is 0.182. The number of carbonyl (C=O) groups excluding carboxylic acids is 4. The molecule has 7 nitrogen and oxygen atoms in total. The van der Waals surface area contributed by atoms with Crippen molar-refractivity contribution in [3.63, 3.8) is 0 Å². The number of hydrogen-bond acceptors (Lipinski definition) is 4. The van der Waals surface area contributed by atoms with E-state index in [1.54, 1.807) is 0 Å². The molecule has 0 bridgehead atoms. The van der Waals surface area contributed by atoms with Crippen molar-refractivity contribution in [1.82, 2.24) is 9.80 Å². The van der Waals surface area contributed by atoms with Crippen LogP contribution in [-0.4, -0.2) is 46.1 Å². The summed E-state index contributed by atoms with van der Waals surface area (Å²) in [5.41, 5.74) is 3.16. The lowest BCUT2D eigenvalue weighted by atomic mass is 10.1. The molecule has 1 saturated heterocycles. The Hall–Kier alpha value is -2.70. The van der Waals surface area contributed by atoms with E-state index in [1.807, 2.05) is 18.2 Å². The average molecular weight is 327 g/mol. The van der Waals surface area contributed by atoms with Crippen molar-refractivity contribution in [3.05, 3.63) is 29.3 Å². The predicted octanol–water partition coefficient (Wildman–Crippen LogP) is 1.07. The third kappa shape index (κ3) is 2.46. The minimum Gasteiger partial charge on any atom is -0.325 e. The third-order valence-electron chi connectivity index (χ3n) is 4.68. The number of anilines is 1. The van der Waals surface area contributed by atoms with Crippen LogP contribution in [0.4, 0.5) is 10.5 Å². The van der Waals surface area contributed by atoms with Crippen LogP contribution in [0.3, 0.4) is 0 Å². The minimum atomic E-state index is -0.920. The van der Waals surface area contributed by atoms with E-state index in [0.29, 0.717) is 5.69 Å². The molecule has 1 N–H and O–H groups in total. The molecule has 7 heteroatoms. The van der Waals surface area contributed by atoms with E-state index in [4.69, 9.17) is 0 Å². The van der Waals surface area contributed by atoms with Gasteiger partial charge in [0.15, 0.2) is 0 Å². The van der Waals surface area contributed by atoms with E-state index in [9.17, 15) is 19.2 Å². The molecule has 0 unspecified atom stereocenters. The SMILES string of the molecule is O=C(CN1C(=O)C(=O)N(C2CC2)C1=O)Nc1ccc2c(c1)CCC2. The molecule has 1 heterocycles. The normalized spacial score (nSPS) is 19.9. The highest BCUT2D eigenvalue weighted by Gasteiger charge is 2.51. The van der Waals surface area contributed by atoms with Crippen LogP contribution in [0, 0.1) is 0 Å². The van der Waals surface area contributed by atoms with Crippen LogP contribution in [0.15, 0.2) is 18.2 Å². The number of carbonyl (C=O) groups is 4. The summed E-state index contributed by atoms with van der Waals surface area (Å²) >= 11 is 0. The highest BCUT2D eigenvalue weighted by Crippen LogP contribution is 2.31. The lowest BCUT2D eigenvalue weighted by Crippen LogP contribution is -2.39. The van der Waals surface area contributed by atoms with Crippen molar-refractivity contribution >= 4 is 29.4 Å². The summed E-state index contributed by atoms with van der Waals surface area (Å²) in [4.78, 5) is 49.8. The summed E-state index contributed by atoms with van der Waals surface area (Å²) in [6, 6.07) is 4.87. The fourth-order valence-electron chi connectivity index (χ4n) is 3.31. The summed E-state index contributed by atoms with van der Waals surface area (Å²) in [5, 5.41) is 2.70. The Morgan fingerprint density at radius 3 is 2.58 bits per heavy atom. The van der Waals surface area contributed by atoms with Crippen LogP contribution in [0.2, 0.25) is 0 Å². The van der Waals surface area contributed by atoms with Gasteiger partial charge in [-0.2, -0.15) is 0 Å². The fraction of sp³-hybridized carbons (Fsp3) is 0.412. The maximum atomic E-state index is 12.2. The second-order valence-electron chi connectivity index (χ2n) is 6.47. The van der Waals surface area contributed by atoms with Crippen molar-refractivity contribution in [2.45, 2.75) is 38.1 Å². The van der Waals surface area contributed by atoms with Crippen LogP contribution in [0.1, 0.15) is 30.4 Å². The Kier molecular flexibility index (Phi) is 3.37. The molecule has 0 atom stereocenters. The van der Waals surface area contributed by atoms with Gasteiger partial charge in [0, 0.05) is 11.7 Å². The molecular formula is C17H17N3O4. The molecule has 2 fully saturated rings. The van der Waals surface area contributed by atoms with Crippen molar-refractivity contribution in [3.8, 4) is 0 Å². The molecule has 0 radical (unpaired) electrons. The van der Waals surface area contributed by atoms with Crippen LogP contribution in [-0.2, 0) is 27.2 Å². The maximum Gasteiger partial charge on any atom is 0.334 e. The molecule has 5 amide bonds. The van der Waals surface area contributed by atoms with Crippen LogP contribution >= 0.6 is 0 Å². The summed E-state index contributed by atoms with van der Waals surface area (Å²) < 4.78 is 0. The van der Waals surface area contributed by atoms with E-state index >= 15 is 0 Å². The second-order valence-corrected chi connectivity index (χ2v) is 6.47. The number of aryl methyl sites for hydroxylation is 2. The zero-order valence-electron chi connectivity index (χ0n) is 13.1. The van der Waals surface area contributed by atoms with Gasteiger partial charge < -0.3 is 5.32 Å². The number of urea groups is 1. The van der Waals surface area contributed by atoms with Crippen molar-refractivity contribution in [2.75, 3.05) is 11.9 Å². The molecule has 1 aromatic carbocycles. The molecule has 3 aliphatic rings. The lowest BCUT2D eigenvalue weighted by Gasteiger charge is -2.15. The topological polar surface area (TPSA) is 86.8 Å². The van der Waals surface area contributed by atoms with Crippen LogP contribution in [0.5, 0.6) is 0 Å². The van der Waals surface area contributed by atoms with Gasteiger partial charge in [-0.05, 0) is 55.4 Å². The Morgan fingerprint density at radius 1 is 1.08 bits per heavy atom. The quantitative estimate of drug-likeness (QED) is 0.662. The molecule has 1 aliphatic heterocycles. The number of imide groups is 2. The molecule has 2 aliphatic carbocycles. The third-order valence-corrected chi connectivity index (χ3v) is 4.68. The number of amides is 5. The number of benzene rings is 1. The lowest BCUT2D eigenvalue weighted by molar-refractivity contribution is -0.143. The van der Waals surface area contributed by atoms with Gasteiger partial charge in [0.25, 0.3) is 0 Å². The molecular weight excluding hydrogens is 310 g/mol. The first kappa shape index (κ1) is 14.9. The van der Waals surface area contributed by atoms with Gasteiger partial charge in [0.1, 0.15) is 6.54 Å². The highest BCUT2D eigenvalue weighted by molar-refractivity contribution is 6.45. The summed E-state index contributed by atoms with van der Waals surface area (Å²) in [7, 11) is 0. The predicted molar refractivity (Wildman–Crippen MR) is 84.1 cm³/mol. The number of rotatable bonds is 4. The smallest absolute Gasteiger partial charge is 0.325 e. The zero-order chi connectivity index (χ0) is 16.8. The molecule has 1 saturated carbocycles. The van der Waals surface area contributed by atoms with E-state index in [2.05, 4.69) is 5.32 Å². The first-order valence-corrected chi connectivity index (χ1v) is 8.15. The second kappa shape index (κ2) is 5.43. The van der Waals surface area contributed by atoms with Gasteiger partial charge in [-0.25, -0.2) is 9.69 Å². The van der Waals surface area contributed by atoms with Gasteiger partial charge in [0.2, 0.25) is 5.91 Å². The van der Waals surface area contributed by atoms with E-state index < -0.39 is 30.3 Å². The highest BCUT2D eigenvalue weighted by atomic mass is 16.2. The van der Waals surface area contributed by atoms with E-state index in [1.165, 1.54) is 11.1 Å². The van der Waals surface area contributed by atoms with Gasteiger partial charge in [-0.1, -0.05) is 6.07 Å². The first-order chi connectivity index (χ1) is 11.5. The number of nitrogens with zero attached hydrogens (tertiary/aromatic N) is 2. The monoisotopic (exact) mass is 327 g/mol. The molecule has 0 spiro atoms. The zero-order valence-corrected chi connectivity index (χ0v) is 13.1. The van der Waals surface area contributed by atoms with Crippen molar-refractivity contribution in [1.29, 1.82) is 0 Å². The molecule has 24 heavy (non-hydrogen) atoms. The Balaban J connectivity index is 1.43. The van der Waals surface area contributed by atoms with Crippen LogP contribution in [0.25, 0.3) is 0 Å². The van der Waals surface area contributed by atoms with Gasteiger partial charge in [0.05, 0.1) is 0 Å².